The first-order valence-electron chi connectivity index (χ1n) is 7.62. The van der Waals surface area contributed by atoms with E-state index < -0.39 is 10.0 Å². The van der Waals surface area contributed by atoms with Crippen molar-refractivity contribution in [1.82, 2.24) is 0 Å². The van der Waals surface area contributed by atoms with Crippen molar-refractivity contribution in [2.45, 2.75) is 38.5 Å². The summed E-state index contributed by atoms with van der Waals surface area (Å²) in [6.45, 7) is 6.30. The molecule has 2 aromatic carbocycles. The SMILES string of the molecule is CCc1ccccc1NS(=O)(=O)c1ccc(CC(C)C)cc1. The van der Waals surface area contributed by atoms with Crippen LogP contribution in [-0.2, 0) is 22.9 Å². The van der Waals surface area contributed by atoms with E-state index in [0.717, 1.165) is 24.0 Å². The predicted molar refractivity (Wildman–Crippen MR) is 91.6 cm³/mol. The Morgan fingerprint density at radius 1 is 1.00 bits per heavy atom. The summed E-state index contributed by atoms with van der Waals surface area (Å²) in [4.78, 5) is 0.297. The van der Waals surface area contributed by atoms with Crippen molar-refractivity contribution in [3.05, 3.63) is 59.7 Å². The lowest BCUT2D eigenvalue weighted by atomic mass is 10.0. The second-order valence-corrected chi connectivity index (χ2v) is 7.54. The maximum Gasteiger partial charge on any atom is 0.261 e. The number of para-hydroxylation sites is 1. The second-order valence-electron chi connectivity index (χ2n) is 5.86. The number of sulfonamides is 1. The number of hydrogen-bond acceptors (Lipinski definition) is 2. The van der Waals surface area contributed by atoms with Crippen LogP contribution < -0.4 is 4.72 Å². The molecule has 0 aliphatic rings. The Hall–Kier alpha value is -1.81. The molecule has 0 amide bonds. The largest absolute Gasteiger partial charge is 0.279 e. The number of rotatable bonds is 6. The van der Waals surface area contributed by atoms with Gasteiger partial charge in [0.25, 0.3) is 10.0 Å². The van der Waals surface area contributed by atoms with Crippen molar-refractivity contribution in [2.75, 3.05) is 4.72 Å². The van der Waals surface area contributed by atoms with Gasteiger partial charge in [-0.2, -0.15) is 0 Å². The number of anilines is 1. The molecule has 0 bridgehead atoms. The molecule has 1 N–H and O–H groups in total. The van der Waals surface area contributed by atoms with E-state index in [1.54, 1.807) is 18.2 Å². The zero-order chi connectivity index (χ0) is 16.2. The molecule has 2 rings (SSSR count). The second kappa shape index (κ2) is 6.97. The third kappa shape index (κ3) is 4.10. The highest BCUT2D eigenvalue weighted by molar-refractivity contribution is 7.92. The van der Waals surface area contributed by atoms with Crippen LogP contribution in [0.5, 0.6) is 0 Å². The van der Waals surface area contributed by atoms with Gasteiger partial charge < -0.3 is 0 Å². The lowest BCUT2D eigenvalue weighted by Crippen LogP contribution is -2.14. The maximum atomic E-state index is 12.5. The van der Waals surface area contributed by atoms with Crippen molar-refractivity contribution in [3.8, 4) is 0 Å². The van der Waals surface area contributed by atoms with Crippen molar-refractivity contribution in [1.29, 1.82) is 0 Å². The van der Waals surface area contributed by atoms with E-state index in [1.165, 1.54) is 0 Å². The molecule has 118 valence electrons. The third-order valence-corrected chi connectivity index (χ3v) is 4.90. The van der Waals surface area contributed by atoms with E-state index in [2.05, 4.69) is 18.6 Å². The van der Waals surface area contributed by atoms with E-state index in [4.69, 9.17) is 0 Å². The molecule has 0 saturated carbocycles. The molecule has 0 aliphatic heterocycles. The van der Waals surface area contributed by atoms with E-state index in [9.17, 15) is 8.42 Å². The summed E-state index contributed by atoms with van der Waals surface area (Å²) in [7, 11) is -3.54. The van der Waals surface area contributed by atoms with Crippen LogP contribution in [0.4, 0.5) is 5.69 Å². The first kappa shape index (κ1) is 16.6. The summed E-state index contributed by atoms with van der Waals surface area (Å²) in [6.07, 6.45) is 1.73. The van der Waals surface area contributed by atoms with Gasteiger partial charge in [0.2, 0.25) is 0 Å². The maximum absolute atomic E-state index is 12.5. The molecule has 0 saturated heterocycles. The smallest absolute Gasteiger partial charge is 0.261 e. The molecule has 22 heavy (non-hydrogen) atoms. The highest BCUT2D eigenvalue weighted by Crippen LogP contribution is 2.21. The van der Waals surface area contributed by atoms with E-state index >= 15 is 0 Å². The Kier molecular flexibility index (Phi) is 5.24. The highest BCUT2D eigenvalue weighted by atomic mass is 32.2. The van der Waals surface area contributed by atoms with E-state index in [-0.39, 0.29) is 0 Å². The lowest BCUT2D eigenvalue weighted by molar-refractivity contribution is 0.601. The molecule has 0 fully saturated rings. The number of hydrogen-bond donors (Lipinski definition) is 1. The molecule has 0 aliphatic carbocycles. The molecule has 3 nitrogen and oxygen atoms in total. The van der Waals surface area contributed by atoms with Crippen LogP contribution in [-0.4, -0.2) is 8.42 Å². The number of nitrogens with one attached hydrogen (secondary N) is 1. The molecule has 0 radical (unpaired) electrons. The standard InChI is InChI=1S/C18H23NO2S/c1-4-16-7-5-6-8-18(16)19-22(20,21)17-11-9-15(10-12-17)13-14(2)3/h5-12,14,19H,4,13H2,1-3H3. The van der Waals surface area contributed by atoms with Crippen LogP contribution >= 0.6 is 0 Å². The Balaban J connectivity index is 2.23. The van der Waals surface area contributed by atoms with Gasteiger partial charge in [0.05, 0.1) is 10.6 Å². The fraction of sp³-hybridized carbons (Fsp3) is 0.333. The van der Waals surface area contributed by atoms with Crippen molar-refractivity contribution >= 4 is 15.7 Å². The van der Waals surface area contributed by atoms with Gasteiger partial charge >= 0.3 is 0 Å². The van der Waals surface area contributed by atoms with Gasteiger partial charge in [-0.1, -0.05) is 51.1 Å². The monoisotopic (exact) mass is 317 g/mol. The average molecular weight is 317 g/mol. The zero-order valence-corrected chi connectivity index (χ0v) is 14.2. The van der Waals surface area contributed by atoms with Gasteiger partial charge in [0.1, 0.15) is 0 Å². The van der Waals surface area contributed by atoms with E-state index in [1.807, 2.05) is 37.3 Å². The first-order valence-corrected chi connectivity index (χ1v) is 9.10. The van der Waals surface area contributed by atoms with Crippen molar-refractivity contribution in [2.24, 2.45) is 5.92 Å². The Morgan fingerprint density at radius 2 is 1.64 bits per heavy atom. The Labute approximate surface area is 133 Å². The molecular weight excluding hydrogens is 294 g/mol. The normalized spacial score (nSPS) is 11.6. The molecule has 0 heterocycles. The Morgan fingerprint density at radius 3 is 2.23 bits per heavy atom. The molecule has 4 heteroatoms. The summed E-state index contributed by atoms with van der Waals surface area (Å²) in [5, 5.41) is 0. The van der Waals surface area contributed by atoms with Gasteiger partial charge in [0.15, 0.2) is 0 Å². The highest BCUT2D eigenvalue weighted by Gasteiger charge is 2.15. The van der Waals surface area contributed by atoms with Crippen LogP contribution in [0.25, 0.3) is 0 Å². The predicted octanol–water partition coefficient (Wildman–Crippen LogP) is 4.25. The molecule has 0 unspecified atom stereocenters. The quantitative estimate of drug-likeness (QED) is 0.866. The van der Waals surface area contributed by atoms with Crippen molar-refractivity contribution < 1.29 is 8.42 Å². The molecule has 0 atom stereocenters. The third-order valence-electron chi connectivity index (χ3n) is 3.52. The zero-order valence-electron chi connectivity index (χ0n) is 13.3. The topological polar surface area (TPSA) is 46.2 Å². The fourth-order valence-electron chi connectivity index (χ4n) is 2.41. The van der Waals surface area contributed by atoms with Gasteiger partial charge in [-0.05, 0) is 48.1 Å². The van der Waals surface area contributed by atoms with Crippen LogP contribution in [0.3, 0.4) is 0 Å². The average Bonchev–Trinajstić information content (AvgIpc) is 2.47. The minimum atomic E-state index is -3.54. The van der Waals surface area contributed by atoms with Gasteiger partial charge in [-0.25, -0.2) is 8.42 Å². The summed E-state index contributed by atoms with van der Waals surface area (Å²) in [5.74, 6) is 0.553. The summed E-state index contributed by atoms with van der Waals surface area (Å²) < 4.78 is 27.7. The molecule has 2 aromatic rings. The minimum absolute atomic E-state index is 0.297. The summed E-state index contributed by atoms with van der Waals surface area (Å²) in [6, 6.07) is 14.6. The van der Waals surface area contributed by atoms with Gasteiger partial charge in [-0.15, -0.1) is 0 Å². The minimum Gasteiger partial charge on any atom is -0.279 e. The van der Waals surface area contributed by atoms with Crippen molar-refractivity contribution in [3.63, 3.8) is 0 Å². The van der Waals surface area contributed by atoms with E-state index in [0.29, 0.717) is 16.5 Å². The summed E-state index contributed by atoms with van der Waals surface area (Å²) >= 11 is 0. The van der Waals surface area contributed by atoms with Crippen LogP contribution in [0.2, 0.25) is 0 Å². The fourth-order valence-corrected chi connectivity index (χ4v) is 3.51. The van der Waals surface area contributed by atoms with Crippen LogP contribution in [0.1, 0.15) is 31.9 Å². The first-order chi connectivity index (χ1) is 10.4. The summed E-state index contributed by atoms with van der Waals surface area (Å²) in [5.41, 5.74) is 2.79. The van der Waals surface area contributed by atoms with Gasteiger partial charge in [-0.3, -0.25) is 4.72 Å². The van der Waals surface area contributed by atoms with Crippen LogP contribution in [0, 0.1) is 5.92 Å². The number of benzene rings is 2. The molecule has 0 aromatic heterocycles. The number of aryl methyl sites for hydroxylation is 1. The molecule has 0 spiro atoms. The lowest BCUT2D eigenvalue weighted by Gasteiger charge is -2.12. The Bertz CT molecular complexity index is 719. The van der Waals surface area contributed by atoms with Gasteiger partial charge in [0, 0.05) is 0 Å². The molecular formula is C18H23NO2S. The van der Waals surface area contributed by atoms with Crippen LogP contribution in [0.15, 0.2) is 53.4 Å².